The van der Waals surface area contributed by atoms with E-state index in [0.29, 0.717) is 11.4 Å². The lowest BCUT2D eigenvalue weighted by Gasteiger charge is -2.02. The van der Waals surface area contributed by atoms with E-state index in [0.717, 1.165) is 5.56 Å². The summed E-state index contributed by atoms with van der Waals surface area (Å²) in [6.07, 6.45) is 3.12. The summed E-state index contributed by atoms with van der Waals surface area (Å²) >= 11 is 0. The van der Waals surface area contributed by atoms with Gasteiger partial charge in [-0.1, -0.05) is 18.2 Å². The predicted molar refractivity (Wildman–Crippen MR) is 76.6 cm³/mol. The van der Waals surface area contributed by atoms with Gasteiger partial charge < -0.3 is 16.2 Å². The van der Waals surface area contributed by atoms with Crippen LogP contribution in [0.25, 0.3) is 6.08 Å². The quantitative estimate of drug-likeness (QED) is 0.582. The van der Waals surface area contributed by atoms with E-state index in [-0.39, 0.29) is 11.7 Å². The molecule has 4 N–H and O–H groups in total. The molecule has 0 spiro atoms. The summed E-state index contributed by atoms with van der Waals surface area (Å²) in [6, 6.07) is 13.6. The number of hydrogen-bond acceptors (Lipinski definition) is 3. The van der Waals surface area contributed by atoms with Crippen molar-refractivity contribution in [3.8, 4) is 5.75 Å². The molecule has 0 fully saturated rings. The van der Waals surface area contributed by atoms with E-state index >= 15 is 0 Å². The molecule has 2 aromatic carbocycles. The summed E-state index contributed by atoms with van der Waals surface area (Å²) in [5.41, 5.74) is 7.69. The van der Waals surface area contributed by atoms with Crippen molar-refractivity contribution in [2.75, 3.05) is 11.1 Å². The normalized spacial score (nSPS) is 10.5. The molecular weight excluding hydrogens is 240 g/mol. The first-order chi connectivity index (χ1) is 9.13. The van der Waals surface area contributed by atoms with Crippen LogP contribution in [-0.4, -0.2) is 11.0 Å². The maximum Gasteiger partial charge on any atom is 0.248 e. The van der Waals surface area contributed by atoms with Gasteiger partial charge >= 0.3 is 0 Å². The van der Waals surface area contributed by atoms with E-state index in [9.17, 15) is 9.90 Å². The Morgan fingerprint density at radius 2 is 1.89 bits per heavy atom. The number of rotatable bonds is 3. The zero-order valence-corrected chi connectivity index (χ0v) is 10.2. The van der Waals surface area contributed by atoms with Gasteiger partial charge in [0.2, 0.25) is 5.91 Å². The molecule has 0 unspecified atom stereocenters. The minimum atomic E-state index is -0.262. The van der Waals surface area contributed by atoms with Crippen LogP contribution in [-0.2, 0) is 4.79 Å². The molecule has 0 aliphatic heterocycles. The smallest absolute Gasteiger partial charge is 0.248 e. The number of carbonyl (C=O) groups is 1. The standard InChI is InChI=1S/C15H14N2O2/c16-12-7-4-11(5-8-12)6-9-15(19)17-13-2-1-3-14(18)10-13/h1-10,18H,16H2,(H,17,19)/b9-6+. The van der Waals surface area contributed by atoms with Crippen molar-refractivity contribution >= 4 is 23.4 Å². The second kappa shape index (κ2) is 5.73. The third kappa shape index (κ3) is 3.89. The highest BCUT2D eigenvalue weighted by Crippen LogP contribution is 2.15. The number of hydrogen-bond donors (Lipinski definition) is 3. The van der Waals surface area contributed by atoms with Crippen LogP contribution in [0.15, 0.2) is 54.6 Å². The molecule has 0 aromatic heterocycles. The Morgan fingerprint density at radius 3 is 2.58 bits per heavy atom. The number of anilines is 2. The van der Waals surface area contributed by atoms with Crippen LogP contribution in [0.3, 0.4) is 0 Å². The summed E-state index contributed by atoms with van der Waals surface area (Å²) < 4.78 is 0. The van der Waals surface area contributed by atoms with E-state index in [1.54, 1.807) is 36.4 Å². The average Bonchev–Trinajstić information content (AvgIpc) is 2.38. The summed E-state index contributed by atoms with van der Waals surface area (Å²) in [7, 11) is 0. The first-order valence-corrected chi connectivity index (χ1v) is 5.77. The van der Waals surface area contributed by atoms with Crippen molar-refractivity contribution in [1.82, 2.24) is 0 Å². The van der Waals surface area contributed by atoms with E-state index in [2.05, 4.69) is 5.32 Å². The molecule has 0 saturated heterocycles. The van der Waals surface area contributed by atoms with Crippen molar-refractivity contribution in [3.05, 3.63) is 60.2 Å². The van der Waals surface area contributed by atoms with Gasteiger partial charge in [-0.3, -0.25) is 4.79 Å². The second-order valence-corrected chi connectivity index (χ2v) is 4.04. The Hall–Kier alpha value is -2.75. The maximum atomic E-state index is 11.7. The summed E-state index contributed by atoms with van der Waals surface area (Å²) in [5, 5.41) is 11.9. The molecule has 4 nitrogen and oxygen atoms in total. The summed E-state index contributed by atoms with van der Waals surface area (Å²) in [6.45, 7) is 0. The minimum absolute atomic E-state index is 0.111. The largest absolute Gasteiger partial charge is 0.508 e. The molecule has 0 saturated carbocycles. The molecule has 2 aromatic rings. The van der Waals surface area contributed by atoms with Gasteiger partial charge in [-0.05, 0) is 35.9 Å². The number of amides is 1. The maximum absolute atomic E-state index is 11.7. The SMILES string of the molecule is Nc1ccc(/C=C/C(=O)Nc2cccc(O)c2)cc1. The molecule has 0 bridgehead atoms. The lowest BCUT2D eigenvalue weighted by molar-refractivity contribution is -0.111. The van der Waals surface area contributed by atoms with Gasteiger partial charge in [0.25, 0.3) is 0 Å². The van der Waals surface area contributed by atoms with Crippen LogP contribution in [0, 0.1) is 0 Å². The molecule has 96 valence electrons. The van der Waals surface area contributed by atoms with Crippen molar-refractivity contribution in [2.24, 2.45) is 0 Å². The van der Waals surface area contributed by atoms with Crippen LogP contribution >= 0.6 is 0 Å². The van der Waals surface area contributed by atoms with Crippen molar-refractivity contribution in [3.63, 3.8) is 0 Å². The van der Waals surface area contributed by atoms with Crippen LogP contribution in [0.1, 0.15) is 5.56 Å². The molecule has 0 radical (unpaired) electrons. The molecule has 0 aliphatic rings. The number of carbonyl (C=O) groups excluding carboxylic acids is 1. The molecule has 1 amide bonds. The fraction of sp³-hybridized carbons (Fsp3) is 0. The Morgan fingerprint density at radius 1 is 1.16 bits per heavy atom. The molecule has 0 aliphatic carbocycles. The van der Waals surface area contributed by atoms with Crippen LogP contribution in [0.5, 0.6) is 5.75 Å². The van der Waals surface area contributed by atoms with Gasteiger partial charge in [0.1, 0.15) is 5.75 Å². The lowest BCUT2D eigenvalue weighted by Crippen LogP contribution is -2.07. The first-order valence-electron chi connectivity index (χ1n) is 5.77. The van der Waals surface area contributed by atoms with E-state index in [4.69, 9.17) is 5.73 Å². The van der Waals surface area contributed by atoms with Gasteiger partial charge in [-0.15, -0.1) is 0 Å². The number of benzene rings is 2. The Kier molecular flexibility index (Phi) is 3.83. The first kappa shape index (κ1) is 12.7. The lowest BCUT2D eigenvalue weighted by atomic mass is 10.2. The van der Waals surface area contributed by atoms with Gasteiger partial charge in [0.05, 0.1) is 0 Å². The highest BCUT2D eigenvalue weighted by atomic mass is 16.3. The fourth-order valence-corrected chi connectivity index (χ4v) is 1.55. The average molecular weight is 254 g/mol. The van der Waals surface area contributed by atoms with Crippen molar-refractivity contribution in [2.45, 2.75) is 0 Å². The van der Waals surface area contributed by atoms with Gasteiger partial charge in [0, 0.05) is 23.5 Å². The van der Waals surface area contributed by atoms with Crippen LogP contribution in [0.2, 0.25) is 0 Å². The zero-order valence-electron chi connectivity index (χ0n) is 10.2. The number of phenolic OH excluding ortho intramolecular Hbond substituents is 1. The molecular formula is C15H14N2O2. The topological polar surface area (TPSA) is 75.4 Å². The second-order valence-electron chi connectivity index (χ2n) is 4.04. The third-order valence-electron chi connectivity index (χ3n) is 2.48. The Balaban J connectivity index is 1.99. The Bertz CT molecular complexity index is 604. The number of nitrogen functional groups attached to an aromatic ring is 1. The number of phenols is 1. The molecule has 19 heavy (non-hydrogen) atoms. The molecule has 0 atom stereocenters. The third-order valence-corrected chi connectivity index (χ3v) is 2.48. The van der Waals surface area contributed by atoms with Crippen LogP contribution < -0.4 is 11.1 Å². The number of nitrogens with one attached hydrogen (secondary N) is 1. The molecule has 0 heterocycles. The highest BCUT2D eigenvalue weighted by molar-refractivity contribution is 6.02. The predicted octanol–water partition coefficient (Wildman–Crippen LogP) is 2.63. The van der Waals surface area contributed by atoms with Crippen molar-refractivity contribution < 1.29 is 9.90 Å². The number of aromatic hydroxyl groups is 1. The van der Waals surface area contributed by atoms with Gasteiger partial charge in [0.15, 0.2) is 0 Å². The van der Waals surface area contributed by atoms with Gasteiger partial charge in [-0.2, -0.15) is 0 Å². The highest BCUT2D eigenvalue weighted by Gasteiger charge is 1.98. The van der Waals surface area contributed by atoms with Crippen molar-refractivity contribution in [1.29, 1.82) is 0 Å². The van der Waals surface area contributed by atoms with Gasteiger partial charge in [-0.25, -0.2) is 0 Å². The zero-order chi connectivity index (χ0) is 13.7. The van der Waals surface area contributed by atoms with Crippen LogP contribution in [0.4, 0.5) is 11.4 Å². The summed E-state index contributed by atoms with van der Waals surface area (Å²) in [4.78, 5) is 11.7. The fourth-order valence-electron chi connectivity index (χ4n) is 1.55. The van der Waals surface area contributed by atoms with E-state index < -0.39 is 0 Å². The number of nitrogens with two attached hydrogens (primary N) is 1. The molecule has 2 rings (SSSR count). The minimum Gasteiger partial charge on any atom is -0.508 e. The molecule has 4 heteroatoms. The van der Waals surface area contributed by atoms with E-state index in [1.807, 2.05) is 12.1 Å². The Labute approximate surface area is 111 Å². The monoisotopic (exact) mass is 254 g/mol. The summed E-state index contributed by atoms with van der Waals surface area (Å²) in [5.74, 6) is -0.150. The van der Waals surface area contributed by atoms with E-state index in [1.165, 1.54) is 12.1 Å².